The number of hydrogen-bond donors (Lipinski definition) is 0. The molecule has 112 valence electrons. The first-order valence-electron chi connectivity index (χ1n) is 7.18. The minimum atomic E-state index is -0.504. The van der Waals surface area contributed by atoms with E-state index in [2.05, 4.69) is 32.9 Å². The molecular weight excluding hydrogens is 262 g/mol. The van der Waals surface area contributed by atoms with Gasteiger partial charge >= 0.3 is 6.09 Å². The number of carbonyl (C=O) groups excluding carboxylic acids is 1. The molecule has 2 rings (SSSR count). The van der Waals surface area contributed by atoms with Crippen LogP contribution in [0.25, 0.3) is 11.3 Å². The van der Waals surface area contributed by atoms with E-state index in [9.17, 15) is 4.79 Å². The third-order valence-corrected chi connectivity index (χ3v) is 3.27. The summed E-state index contributed by atoms with van der Waals surface area (Å²) in [6, 6.07) is 8.09. The van der Waals surface area contributed by atoms with E-state index < -0.39 is 5.60 Å². The number of benzene rings is 1. The Morgan fingerprint density at radius 3 is 2.19 bits per heavy atom. The first-order chi connectivity index (χ1) is 9.69. The van der Waals surface area contributed by atoms with E-state index in [0.717, 1.165) is 22.4 Å². The van der Waals surface area contributed by atoms with E-state index in [-0.39, 0.29) is 6.09 Å². The minimum Gasteiger partial charge on any atom is -0.443 e. The molecular formula is C18H23NO2. The van der Waals surface area contributed by atoms with Crippen LogP contribution in [0.5, 0.6) is 0 Å². The number of aromatic nitrogens is 1. The number of ether oxygens (including phenoxy) is 1. The summed E-state index contributed by atoms with van der Waals surface area (Å²) < 4.78 is 7.05. The highest BCUT2D eigenvalue weighted by atomic mass is 16.6. The summed E-state index contributed by atoms with van der Waals surface area (Å²) in [5, 5.41) is 0. The van der Waals surface area contributed by atoms with Crippen molar-refractivity contribution in [2.75, 3.05) is 0 Å². The fraction of sp³-hybridized carbons (Fsp3) is 0.389. The summed E-state index contributed by atoms with van der Waals surface area (Å²) in [4.78, 5) is 12.3. The van der Waals surface area contributed by atoms with Crippen LogP contribution in [0.15, 0.2) is 30.5 Å². The van der Waals surface area contributed by atoms with Gasteiger partial charge in [-0.2, -0.15) is 0 Å². The van der Waals surface area contributed by atoms with Gasteiger partial charge in [-0.15, -0.1) is 0 Å². The highest BCUT2D eigenvalue weighted by Crippen LogP contribution is 2.29. The van der Waals surface area contributed by atoms with Crippen LogP contribution in [0.1, 0.15) is 37.5 Å². The Morgan fingerprint density at radius 1 is 1.10 bits per heavy atom. The smallest absolute Gasteiger partial charge is 0.418 e. The second-order valence-corrected chi connectivity index (χ2v) is 6.52. The highest BCUT2D eigenvalue weighted by molar-refractivity contribution is 5.81. The van der Waals surface area contributed by atoms with Crippen LogP contribution in [-0.4, -0.2) is 16.3 Å². The van der Waals surface area contributed by atoms with Crippen molar-refractivity contribution in [2.45, 2.75) is 47.1 Å². The summed E-state index contributed by atoms with van der Waals surface area (Å²) in [6.07, 6.45) is 1.41. The molecule has 0 saturated carbocycles. The van der Waals surface area contributed by atoms with Crippen LogP contribution in [0.3, 0.4) is 0 Å². The zero-order chi connectivity index (χ0) is 15.8. The fourth-order valence-corrected chi connectivity index (χ4v) is 2.64. The molecule has 0 radical (unpaired) electrons. The third kappa shape index (κ3) is 3.35. The van der Waals surface area contributed by atoms with Crippen molar-refractivity contribution in [3.05, 3.63) is 47.2 Å². The first kappa shape index (κ1) is 15.4. The number of rotatable bonds is 1. The van der Waals surface area contributed by atoms with Crippen LogP contribution >= 0.6 is 0 Å². The molecule has 0 aliphatic carbocycles. The van der Waals surface area contributed by atoms with Crippen LogP contribution in [0.4, 0.5) is 4.79 Å². The Labute approximate surface area is 126 Å². The van der Waals surface area contributed by atoms with Crippen molar-refractivity contribution in [2.24, 2.45) is 0 Å². The molecule has 1 aromatic carbocycles. The van der Waals surface area contributed by atoms with Crippen molar-refractivity contribution in [1.29, 1.82) is 0 Å². The van der Waals surface area contributed by atoms with Gasteiger partial charge in [0.15, 0.2) is 0 Å². The predicted octanol–water partition coefficient (Wildman–Crippen LogP) is 4.86. The molecule has 0 saturated heterocycles. The lowest BCUT2D eigenvalue weighted by molar-refractivity contribution is 0.0540. The van der Waals surface area contributed by atoms with E-state index in [1.807, 2.05) is 32.9 Å². The van der Waals surface area contributed by atoms with E-state index in [1.165, 1.54) is 5.56 Å². The SMILES string of the molecule is Cc1cc(C)c(-c2cccn2C(=O)OC(C)(C)C)c(C)c1. The van der Waals surface area contributed by atoms with Gasteiger partial charge in [-0.3, -0.25) is 4.57 Å². The maximum Gasteiger partial charge on any atom is 0.418 e. The van der Waals surface area contributed by atoms with Crippen LogP contribution < -0.4 is 0 Å². The lowest BCUT2D eigenvalue weighted by Crippen LogP contribution is -2.27. The Hall–Kier alpha value is -2.03. The van der Waals surface area contributed by atoms with E-state index >= 15 is 0 Å². The average molecular weight is 285 g/mol. The van der Waals surface area contributed by atoms with E-state index in [1.54, 1.807) is 10.8 Å². The molecule has 3 nitrogen and oxygen atoms in total. The van der Waals surface area contributed by atoms with Crippen molar-refractivity contribution >= 4 is 6.09 Å². The van der Waals surface area contributed by atoms with Gasteiger partial charge in [-0.05, 0) is 64.8 Å². The number of carbonyl (C=O) groups is 1. The van der Waals surface area contributed by atoms with Crippen LogP contribution in [0, 0.1) is 20.8 Å². The molecule has 1 aromatic heterocycles. The Bertz CT molecular complexity index is 652. The van der Waals surface area contributed by atoms with Gasteiger partial charge in [0.05, 0.1) is 5.69 Å². The second kappa shape index (κ2) is 5.40. The zero-order valence-electron chi connectivity index (χ0n) is 13.7. The standard InChI is InChI=1S/C18H23NO2/c1-12-10-13(2)16(14(3)11-12)15-8-7-9-19(15)17(20)21-18(4,5)6/h7-11H,1-6H3. The Balaban J connectivity index is 2.49. The molecule has 0 atom stereocenters. The van der Waals surface area contributed by atoms with Gasteiger partial charge in [0, 0.05) is 11.8 Å². The topological polar surface area (TPSA) is 31.2 Å². The Morgan fingerprint density at radius 2 is 1.67 bits per heavy atom. The summed E-state index contributed by atoms with van der Waals surface area (Å²) in [6.45, 7) is 11.8. The number of hydrogen-bond acceptors (Lipinski definition) is 2. The van der Waals surface area contributed by atoms with Gasteiger partial charge < -0.3 is 4.74 Å². The summed E-state index contributed by atoms with van der Waals surface area (Å²) >= 11 is 0. The highest BCUT2D eigenvalue weighted by Gasteiger charge is 2.21. The monoisotopic (exact) mass is 285 g/mol. The van der Waals surface area contributed by atoms with Crippen molar-refractivity contribution in [3.8, 4) is 11.3 Å². The summed E-state index contributed by atoms with van der Waals surface area (Å²) in [5.74, 6) is 0. The van der Waals surface area contributed by atoms with Crippen molar-refractivity contribution in [1.82, 2.24) is 4.57 Å². The predicted molar refractivity (Wildman–Crippen MR) is 85.7 cm³/mol. The molecule has 3 heteroatoms. The van der Waals surface area contributed by atoms with Gasteiger partial charge in [-0.1, -0.05) is 17.7 Å². The van der Waals surface area contributed by atoms with E-state index in [4.69, 9.17) is 4.74 Å². The molecule has 0 spiro atoms. The molecule has 0 aliphatic heterocycles. The zero-order valence-corrected chi connectivity index (χ0v) is 13.7. The van der Waals surface area contributed by atoms with E-state index in [0.29, 0.717) is 0 Å². The van der Waals surface area contributed by atoms with Crippen LogP contribution in [0.2, 0.25) is 0 Å². The maximum absolute atomic E-state index is 12.3. The first-order valence-corrected chi connectivity index (χ1v) is 7.18. The maximum atomic E-state index is 12.3. The quantitative estimate of drug-likeness (QED) is 0.749. The molecule has 2 aromatic rings. The molecule has 0 aliphatic rings. The fourth-order valence-electron chi connectivity index (χ4n) is 2.64. The largest absolute Gasteiger partial charge is 0.443 e. The minimum absolute atomic E-state index is 0.345. The van der Waals surface area contributed by atoms with Gasteiger partial charge in [-0.25, -0.2) is 4.79 Å². The third-order valence-electron chi connectivity index (χ3n) is 3.27. The lowest BCUT2D eigenvalue weighted by atomic mass is 9.97. The average Bonchev–Trinajstić information content (AvgIpc) is 2.74. The van der Waals surface area contributed by atoms with Gasteiger partial charge in [0.25, 0.3) is 0 Å². The second-order valence-electron chi connectivity index (χ2n) is 6.52. The lowest BCUT2D eigenvalue weighted by Gasteiger charge is -2.21. The van der Waals surface area contributed by atoms with Crippen molar-refractivity contribution < 1.29 is 9.53 Å². The summed E-state index contributed by atoms with van der Waals surface area (Å²) in [7, 11) is 0. The number of aryl methyl sites for hydroxylation is 3. The van der Waals surface area contributed by atoms with Gasteiger partial charge in [0.1, 0.15) is 5.60 Å². The van der Waals surface area contributed by atoms with Crippen molar-refractivity contribution in [3.63, 3.8) is 0 Å². The number of nitrogens with zero attached hydrogens (tertiary/aromatic N) is 1. The molecule has 21 heavy (non-hydrogen) atoms. The summed E-state index contributed by atoms with van der Waals surface area (Å²) in [5.41, 5.74) is 5.02. The molecule has 0 fully saturated rings. The molecule has 1 heterocycles. The molecule has 0 N–H and O–H groups in total. The van der Waals surface area contributed by atoms with Gasteiger partial charge in [0.2, 0.25) is 0 Å². The van der Waals surface area contributed by atoms with Crippen LogP contribution in [-0.2, 0) is 4.74 Å². The normalized spacial score (nSPS) is 11.5. The molecule has 0 amide bonds. The molecule has 0 bridgehead atoms. The molecule has 0 unspecified atom stereocenters. The Kier molecular flexibility index (Phi) is 3.95.